The highest BCUT2D eigenvalue weighted by molar-refractivity contribution is 6.95. The van der Waals surface area contributed by atoms with Crippen LogP contribution in [0.2, 0.25) is 0 Å². The molecule has 0 aliphatic rings. The lowest BCUT2D eigenvalue weighted by Crippen LogP contribution is -2.59. The molecule has 0 radical (unpaired) electrons. The van der Waals surface area contributed by atoms with Crippen LogP contribution < -0.4 is 30.6 Å². The van der Waals surface area contributed by atoms with E-state index in [9.17, 15) is 35.1 Å². The predicted molar refractivity (Wildman–Crippen MR) is 103 cm³/mol. The van der Waals surface area contributed by atoms with E-state index >= 15 is 8.78 Å². The Hall–Kier alpha value is -3.58. The quantitative estimate of drug-likeness (QED) is 0.219. The number of methoxy groups -OCH3 is 3. The van der Waals surface area contributed by atoms with Crippen molar-refractivity contribution < 1.29 is 58.1 Å². The summed E-state index contributed by atoms with van der Waals surface area (Å²) in [6.07, 6.45) is 0. The number of rotatable bonds is 6. The number of hydrogen-bond donors (Lipinski definition) is 0. The number of hydrogen-bond acceptors (Lipinski definition) is 3. The Morgan fingerprint density at radius 3 is 1.14 bits per heavy atom. The zero-order valence-corrected chi connectivity index (χ0v) is 17.7. The van der Waals surface area contributed by atoms with Gasteiger partial charge in [-0.05, 0) is 0 Å². The van der Waals surface area contributed by atoms with Crippen molar-refractivity contribution in [2.24, 2.45) is 0 Å². The Morgan fingerprint density at radius 2 is 0.829 bits per heavy atom. The molecule has 35 heavy (non-hydrogen) atoms. The van der Waals surface area contributed by atoms with E-state index in [0.717, 1.165) is 7.11 Å². The van der Waals surface area contributed by atoms with E-state index in [1.54, 1.807) is 0 Å². The van der Waals surface area contributed by atoms with Crippen molar-refractivity contribution in [3.8, 4) is 17.2 Å². The molecule has 0 aliphatic heterocycles. The molecule has 0 bridgehead atoms. The first-order chi connectivity index (χ1) is 16.4. The largest absolute Gasteiger partial charge is 0.497 e. The van der Waals surface area contributed by atoms with Crippen molar-refractivity contribution in [3.63, 3.8) is 0 Å². The third-order valence-corrected chi connectivity index (χ3v) is 5.08. The average molecular weight is 512 g/mol. The zero-order valence-electron chi connectivity index (χ0n) is 17.7. The minimum Gasteiger partial charge on any atom is -0.497 e. The van der Waals surface area contributed by atoms with Crippen LogP contribution >= 0.6 is 0 Å². The van der Waals surface area contributed by atoms with Gasteiger partial charge in [0.05, 0.1) is 21.3 Å². The normalized spacial score (nSPS) is 11.0. The Labute approximate surface area is 190 Å². The van der Waals surface area contributed by atoms with Gasteiger partial charge < -0.3 is 14.2 Å². The molecular formula is C21H11BF10O3. The molecule has 0 unspecified atom stereocenters. The molecule has 14 heteroatoms. The van der Waals surface area contributed by atoms with Crippen molar-refractivity contribution in [2.45, 2.75) is 0 Å². The lowest BCUT2D eigenvalue weighted by molar-refractivity contribution is 0.337. The third-order valence-electron chi connectivity index (χ3n) is 5.08. The van der Waals surface area contributed by atoms with E-state index in [-0.39, 0.29) is 0 Å². The maximum Gasteiger partial charge on any atom is 0.264 e. The molecule has 0 aliphatic carbocycles. The van der Waals surface area contributed by atoms with E-state index in [0.29, 0.717) is 26.4 Å². The van der Waals surface area contributed by atoms with Gasteiger partial charge in [0.15, 0.2) is 46.4 Å². The average Bonchev–Trinajstić information content (AvgIpc) is 2.81. The summed E-state index contributed by atoms with van der Waals surface area (Å²) in [5.74, 6) is -25.9. The number of halogens is 10. The first kappa shape index (κ1) is 26.0. The minimum absolute atomic E-state index is 0.422. The van der Waals surface area contributed by atoms with Crippen molar-refractivity contribution in [1.29, 1.82) is 0 Å². The third kappa shape index (κ3) is 4.00. The maximum absolute atomic E-state index is 15.1. The first-order valence-corrected chi connectivity index (χ1v) is 9.25. The van der Waals surface area contributed by atoms with E-state index < -0.39 is 98.5 Å². The van der Waals surface area contributed by atoms with E-state index in [2.05, 4.69) is 14.2 Å². The van der Waals surface area contributed by atoms with E-state index in [1.807, 2.05) is 0 Å². The molecule has 0 aromatic heterocycles. The summed E-state index contributed by atoms with van der Waals surface area (Å²) in [5, 5.41) is 0. The Kier molecular flexibility index (Phi) is 7.13. The van der Waals surface area contributed by atoms with Crippen LogP contribution in [-0.4, -0.2) is 28.0 Å². The predicted octanol–water partition coefficient (Wildman–Crippen LogP) is 3.62. The Balaban J connectivity index is 2.62. The van der Waals surface area contributed by atoms with Crippen LogP contribution in [0.3, 0.4) is 0 Å². The lowest BCUT2D eigenvalue weighted by Gasteiger charge is -2.22. The second-order valence-corrected chi connectivity index (χ2v) is 6.84. The first-order valence-electron chi connectivity index (χ1n) is 9.25. The second-order valence-electron chi connectivity index (χ2n) is 6.84. The smallest absolute Gasteiger partial charge is 0.264 e. The molecule has 0 fully saturated rings. The van der Waals surface area contributed by atoms with Gasteiger partial charge >= 0.3 is 0 Å². The van der Waals surface area contributed by atoms with E-state index in [4.69, 9.17) is 0 Å². The summed E-state index contributed by atoms with van der Waals surface area (Å²) in [7, 11) is 2.19. The highest BCUT2D eigenvalue weighted by Gasteiger charge is 2.43. The molecule has 3 nitrogen and oxygen atoms in total. The molecule has 0 heterocycles. The number of benzene rings is 3. The van der Waals surface area contributed by atoms with Crippen LogP contribution in [0.15, 0.2) is 12.1 Å². The molecule has 186 valence electrons. The Bertz CT molecular complexity index is 1240. The molecule has 0 saturated heterocycles. The molecular weight excluding hydrogens is 501 g/mol. The monoisotopic (exact) mass is 512 g/mol. The highest BCUT2D eigenvalue weighted by Crippen LogP contribution is 2.29. The SMILES string of the molecule is COc1cc(F)c(B(c2c(F)c(F)c(F)c(OC)c2F)c2c(F)c(F)c(F)c(OC)c2F)c(F)c1. The zero-order chi connectivity index (χ0) is 26.4. The van der Waals surface area contributed by atoms with Gasteiger partial charge in [0, 0.05) is 28.5 Å². The van der Waals surface area contributed by atoms with Gasteiger partial charge in [0.25, 0.3) is 6.71 Å². The summed E-state index contributed by atoms with van der Waals surface area (Å²) in [5.41, 5.74) is -5.31. The summed E-state index contributed by atoms with van der Waals surface area (Å²) in [4.78, 5) is 0. The summed E-state index contributed by atoms with van der Waals surface area (Å²) >= 11 is 0. The van der Waals surface area contributed by atoms with Crippen LogP contribution in [0.4, 0.5) is 43.9 Å². The van der Waals surface area contributed by atoms with Crippen LogP contribution in [0.1, 0.15) is 0 Å². The van der Waals surface area contributed by atoms with Crippen molar-refractivity contribution in [3.05, 3.63) is 70.3 Å². The second kappa shape index (κ2) is 9.58. The van der Waals surface area contributed by atoms with Gasteiger partial charge in [0.1, 0.15) is 17.4 Å². The topological polar surface area (TPSA) is 27.7 Å². The summed E-state index contributed by atoms with van der Waals surface area (Å²) in [6, 6.07) is 0.844. The van der Waals surface area contributed by atoms with Gasteiger partial charge in [-0.3, -0.25) is 0 Å². The lowest BCUT2D eigenvalue weighted by atomic mass is 9.36. The van der Waals surface area contributed by atoms with Gasteiger partial charge in [0.2, 0.25) is 11.6 Å². The molecule has 0 amide bonds. The molecule has 3 aromatic rings. The number of ether oxygens (including phenoxy) is 3. The van der Waals surface area contributed by atoms with Gasteiger partial charge in [-0.2, -0.15) is 8.78 Å². The standard InChI is InChI=1S/C21H11BF10O3/c1-33-6-4-7(23)9(8(24)5-6)22(10-12(25)16(29)18(31)20(34-2)14(10)27)11-13(26)17(30)19(32)21(35-3)15(11)28/h4-5H,1-3H3. The van der Waals surface area contributed by atoms with Crippen LogP contribution in [0, 0.1) is 58.2 Å². The van der Waals surface area contributed by atoms with Gasteiger partial charge in [-0.25, -0.2) is 35.1 Å². The summed E-state index contributed by atoms with van der Waals surface area (Å²) in [6.45, 7) is -3.03. The molecule has 0 spiro atoms. The van der Waals surface area contributed by atoms with Crippen LogP contribution in [0.25, 0.3) is 0 Å². The fourth-order valence-electron chi connectivity index (χ4n) is 3.51. The van der Waals surface area contributed by atoms with Crippen molar-refractivity contribution in [1.82, 2.24) is 0 Å². The molecule has 3 aromatic carbocycles. The molecule has 0 N–H and O–H groups in total. The van der Waals surface area contributed by atoms with Crippen molar-refractivity contribution >= 4 is 23.1 Å². The maximum atomic E-state index is 15.1. The van der Waals surface area contributed by atoms with Crippen molar-refractivity contribution in [2.75, 3.05) is 21.3 Å². The highest BCUT2D eigenvalue weighted by atomic mass is 19.2. The van der Waals surface area contributed by atoms with E-state index in [1.165, 1.54) is 0 Å². The minimum atomic E-state index is -3.03. The Morgan fingerprint density at radius 1 is 0.457 bits per heavy atom. The van der Waals surface area contributed by atoms with Gasteiger partial charge in [-0.15, -0.1) is 0 Å². The fraction of sp³-hybridized carbons (Fsp3) is 0.143. The van der Waals surface area contributed by atoms with Crippen LogP contribution in [-0.2, 0) is 0 Å². The molecule has 0 saturated carbocycles. The van der Waals surface area contributed by atoms with Gasteiger partial charge in [-0.1, -0.05) is 0 Å². The molecule has 0 atom stereocenters. The summed E-state index contributed by atoms with van der Waals surface area (Å²) < 4.78 is 160. The fourth-order valence-corrected chi connectivity index (χ4v) is 3.51. The van der Waals surface area contributed by atoms with Crippen LogP contribution in [0.5, 0.6) is 17.2 Å². The molecule has 3 rings (SSSR count).